The molecule has 0 fully saturated rings. The molecule has 94 valence electrons. The molecule has 0 saturated heterocycles. The summed E-state index contributed by atoms with van der Waals surface area (Å²) in [6.45, 7) is 3.82. The minimum atomic E-state index is -2.91. The molecule has 3 heteroatoms. The molecule has 0 aromatic heterocycles. The van der Waals surface area contributed by atoms with E-state index in [-0.39, 0.29) is 23.7 Å². The first-order chi connectivity index (χ1) is 7.92. The molecule has 1 rings (SSSR count). The van der Waals surface area contributed by atoms with E-state index in [0.717, 1.165) is 0 Å². The number of hydrogen-bond donors (Lipinski definition) is 0. The van der Waals surface area contributed by atoms with Crippen LogP contribution < -0.4 is 0 Å². The number of hydrogen-bond acceptors (Lipinski definition) is 1. The van der Waals surface area contributed by atoms with Crippen LogP contribution in [0.5, 0.6) is 0 Å². The van der Waals surface area contributed by atoms with Crippen molar-refractivity contribution in [2.45, 2.75) is 39.0 Å². The van der Waals surface area contributed by atoms with Crippen molar-refractivity contribution in [2.24, 2.45) is 5.92 Å². The highest BCUT2D eigenvalue weighted by atomic mass is 19.3. The highest BCUT2D eigenvalue weighted by molar-refractivity contribution is 5.78. The third-order valence-corrected chi connectivity index (χ3v) is 2.55. The maximum Gasteiger partial charge on any atom is 0.273 e. The number of rotatable bonds is 6. The molecule has 0 saturated carbocycles. The number of carbonyl (C=O) groups excluding carboxylic acids is 1. The third-order valence-electron chi connectivity index (χ3n) is 2.55. The predicted molar refractivity (Wildman–Crippen MR) is 64.0 cm³/mol. The van der Waals surface area contributed by atoms with Gasteiger partial charge in [0.1, 0.15) is 5.78 Å². The molecular weight excluding hydrogens is 222 g/mol. The molecule has 0 aliphatic heterocycles. The first kappa shape index (κ1) is 13.8. The van der Waals surface area contributed by atoms with E-state index in [2.05, 4.69) is 0 Å². The van der Waals surface area contributed by atoms with Crippen LogP contribution in [0.3, 0.4) is 0 Å². The Bertz CT molecular complexity index is 358. The number of halogens is 2. The van der Waals surface area contributed by atoms with Crippen LogP contribution in [0.4, 0.5) is 8.78 Å². The molecule has 0 bridgehead atoms. The molecule has 0 atom stereocenters. The second-order valence-electron chi connectivity index (χ2n) is 4.71. The van der Waals surface area contributed by atoms with Gasteiger partial charge in [-0.05, 0) is 5.92 Å². The standard InChI is InChI=1S/C14H18F2O/c1-11(2)10-13(17)8-9-14(15,16)12-6-4-3-5-7-12/h3-7,11H,8-10H2,1-2H3. The molecule has 0 spiro atoms. The van der Waals surface area contributed by atoms with Gasteiger partial charge in [-0.2, -0.15) is 0 Å². The molecule has 0 aliphatic carbocycles. The van der Waals surface area contributed by atoms with Gasteiger partial charge in [0.05, 0.1) is 0 Å². The largest absolute Gasteiger partial charge is 0.300 e. The van der Waals surface area contributed by atoms with Gasteiger partial charge in [0.25, 0.3) is 5.92 Å². The molecule has 0 radical (unpaired) electrons. The molecule has 0 unspecified atom stereocenters. The number of benzene rings is 1. The highest BCUT2D eigenvalue weighted by Crippen LogP contribution is 2.32. The number of Topliss-reactive ketones (excluding diaryl/α,β-unsaturated/α-hetero) is 1. The fourth-order valence-corrected chi connectivity index (χ4v) is 1.68. The van der Waals surface area contributed by atoms with E-state index in [1.54, 1.807) is 18.2 Å². The Hall–Kier alpha value is -1.25. The second-order valence-corrected chi connectivity index (χ2v) is 4.71. The van der Waals surface area contributed by atoms with Gasteiger partial charge >= 0.3 is 0 Å². The summed E-state index contributed by atoms with van der Waals surface area (Å²) in [5.74, 6) is -2.77. The molecular formula is C14H18F2O. The van der Waals surface area contributed by atoms with Crippen molar-refractivity contribution >= 4 is 5.78 Å². The Morgan fingerprint density at radius 1 is 1.24 bits per heavy atom. The summed E-state index contributed by atoms with van der Waals surface area (Å²) in [6.07, 6.45) is -0.0759. The van der Waals surface area contributed by atoms with Crippen molar-refractivity contribution in [3.63, 3.8) is 0 Å². The average molecular weight is 240 g/mol. The van der Waals surface area contributed by atoms with Crippen LogP contribution in [0.2, 0.25) is 0 Å². The molecule has 17 heavy (non-hydrogen) atoms. The van der Waals surface area contributed by atoms with Gasteiger partial charge in [-0.15, -0.1) is 0 Å². The lowest BCUT2D eigenvalue weighted by Gasteiger charge is -2.16. The fraction of sp³-hybridized carbons (Fsp3) is 0.500. The molecule has 1 nitrogen and oxygen atoms in total. The van der Waals surface area contributed by atoms with E-state index in [4.69, 9.17) is 0 Å². The fourth-order valence-electron chi connectivity index (χ4n) is 1.68. The highest BCUT2D eigenvalue weighted by Gasteiger charge is 2.31. The van der Waals surface area contributed by atoms with E-state index in [9.17, 15) is 13.6 Å². The number of ketones is 1. The summed E-state index contributed by atoms with van der Waals surface area (Å²) in [4.78, 5) is 11.4. The van der Waals surface area contributed by atoms with Gasteiger partial charge in [-0.3, -0.25) is 4.79 Å². The van der Waals surface area contributed by atoms with Crippen LogP contribution in [0.1, 0.15) is 38.7 Å². The van der Waals surface area contributed by atoms with E-state index in [1.807, 2.05) is 13.8 Å². The van der Waals surface area contributed by atoms with Gasteiger partial charge in [0.2, 0.25) is 0 Å². The minimum absolute atomic E-state index is 0.0163. The summed E-state index contributed by atoms with van der Waals surface area (Å²) in [5.41, 5.74) is -0.0163. The Morgan fingerprint density at radius 2 is 1.82 bits per heavy atom. The van der Waals surface area contributed by atoms with Crippen LogP contribution >= 0.6 is 0 Å². The van der Waals surface area contributed by atoms with Crippen LogP contribution in [0.15, 0.2) is 30.3 Å². The van der Waals surface area contributed by atoms with Gasteiger partial charge in [0.15, 0.2) is 0 Å². The Morgan fingerprint density at radius 3 is 2.35 bits per heavy atom. The zero-order chi connectivity index (χ0) is 12.9. The Balaban J connectivity index is 2.53. The number of carbonyl (C=O) groups is 1. The predicted octanol–water partition coefficient (Wildman–Crippen LogP) is 4.17. The zero-order valence-corrected chi connectivity index (χ0v) is 10.2. The lowest BCUT2D eigenvalue weighted by Crippen LogP contribution is -2.16. The van der Waals surface area contributed by atoms with Crippen molar-refractivity contribution in [2.75, 3.05) is 0 Å². The van der Waals surface area contributed by atoms with Crippen molar-refractivity contribution in [1.29, 1.82) is 0 Å². The first-order valence-corrected chi connectivity index (χ1v) is 5.87. The Kier molecular flexibility index (Phi) is 4.79. The molecule has 1 aromatic carbocycles. The van der Waals surface area contributed by atoms with Crippen LogP contribution in [0, 0.1) is 5.92 Å². The van der Waals surface area contributed by atoms with Gasteiger partial charge in [0, 0.05) is 24.8 Å². The van der Waals surface area contributed by atoms with Crippen molar-refractivity contribution in [1.82, 2.24) is 0 Å². The molecule has 0 heterocycles. The van der Waals surface area contributed by atoms with Crippen LogP contribution in [0.25, 0.3) is 0 Å². The smallest absolute Gasteiger partial charge is 0.273 e. The SMILES string of the molecule is CC(C)CC(=O)CCC(F)(F)c1ccccc1. The van der Waals surface area contributed by atoms with Crippen LogP contribution in [-0.4, -0.2) is 5.78 Å². The van der Waals surface area contributed by atoms with E-state index < -0.39 is 12.3 Å². The van der Waals surface area contributed by atoms with Gasteiger partial charge in [-0.25, -0.2) is 8.78 Å². The van der Waals surface area contributed by atoms with Crippen LogP contribution in [-0.2, 0) is 10.7 Å². The van der Waals surface area contributed by atoms with Gasteiger partial charge < -0.3 is 0 Å². The summed E-state index contributed by atoms with van der Waals surface area (Å²) in [7, 11) is 0. The molecule has 0 aliphatic rings. The molecule has 0 amide bonds. The summed E-state index contributed by atoms with van der Waals surface area (Å²) in [6, 6.07) is 7.65. The topological polar surface area (TPSA) is 17.1 Å². The maximum atomic E-state index is 13.7. The maximum absolute atomic E-state index is 13.7. The van der Waals surface area contributed by atoms with Gasteiger partial charge in [-0.1, -0.05) is 44.2 Å². The minimum Gasteiger partial charge on any atom is -0.300 e. The van der Waals surface area contributed by atoms with Crippen molar-refractivity contribution < 1.29 is 13.6 Å². The lowest BCUT2D eigenvalue weighted by atomic mass is 9.99. The summed E-state index contributed by atoms with van der Waals surface area (Å²) >= 11 is 0. The molecule has 0 N–H and O–H groups in total. The van der Waals surface area contributed by atoms with E-state index >= 15 is 0 Å². The molecule has 1 aromatic rings. The normalized spacial score (nSPS) is 11.8. The zero-order valence-electron chi connectivity index (χ0n) is 10.2. The summed E-state index contributed by atoms with van der Waals surface area (Å²) < 4.78 is 27.4. The second kappa shape index (κ2) is 5.89. The lowest BCUT2D eigenvalue weighted by molar-refractivity contribution is -0.122. The first-order valence-electron chi connectivity index (χ1n) is 5.87. The van der Waals surface area contributed by atoms with E-state index in [0.29, 0.717) is 6.42 Å². The van der Waals surface area contributed by atoms with E-state index in [1.165, 1.54) is 12.1 Å². The average Bonchev–Trinajstić information content (AvgIpc) is 2.27. The summed E-state index contributed by atoms with van der Waals surface area (Å²) in [5, 5.41) is 0. The third kappa shape index (κ3) is 4.63. The van der Waals surface area contributed by atoms with Crippen molar-refractivity contribution in [3.8, 4) is 0 Å². The quantitative estimate of drug-likeness (QED) is 0.729. The number of alkyl halides is 2. The monoisotopic (exact) mass is 240 g/mol. The van der Waals surface area contributed by atoms with Crippen molar-refractivity contribution in [3.05, 3.63) is 35.9 Å². The Labute approximate surface area is 101 Å².